The predicted octanol–water partition coefficient (Wildman–Crippen LogP) is -1.23. The second-order valence-electron chi connectivity index (χ2n) is 3.08. The van der Waals surface area contributed by atoms with Gasteiger partial charge in [0.2, 0.25) is 24.3 Å². The molecule has 1 aromatic rings. The van der Waals surface area contributed by atoms with Gasteiger partial charge in [0.1, 0.15) is 0 Å². The monoisotopic (exact) mass is 226 g/mol. The first kappa shape index (κ1) is 12.1. The van der Waals surface area contributed by atoms with Crippen molar-refractivity contribution in [1.82, 2.24) is 15.0 Å². The Bertz CT molecular complexity index is 338. The molecule has 1 aromatic heterocycles. The van der Waals surface area contributed by atoms with Gasteiger partial charge in [0, 0.05) is 13.2 Å². The Labute approximate surface area is 92.3 Å². The molecule has 16 heavy (non-hydrogen) atoms. The number of amides is 1. The van der Waals surface area contributed by atoms with Crippen molar-refractivity contribution >= 4 is 24.3 Å². The molecule has 0 aliphatic heterocycles. The highest BCUT2D eigenvalue weighted by atomic mass is 16.2. The van der Waals surface area contributed by atoms with E-state index in [9.17, 15) is 4.79 Å². The predicted molar refractivity (Wildman–Crippen MR) is 58.4 cm³/mol. The van der Waals surface area contributed by atoms with E-state index in [1.54, 1.807) is 0 Å². The molecule has 5 N–H and O–H groups in total. The molecule has 0 unspecified atom stereocenters. The number of anilines is 3. The molecule has 8 nitrogen and oxygen atoms in total. The first-order valence-electron chi connectivity index (χ1n) is 4.77. The third kappa shape index (κ3) is 3.31. The lowest BCUT2D eigenvalue weighted by molar-refractivity contribution is -0.107. The zero-order valence-electron chi connectivity index (χ0n) is 8.70. The molecular weight excluding hydrogens is 212 g/mol. The number of nitrogens with zero attached hydrogens (tertiary/aromatic N) is 4. The Kier molecular flexibility index (Phi) is 4.40. The molecule has 0 saturated carbocycles. The molecular formula is C8H14N6O2. The lowest BCUT2D eigenvalue weighted by atomic mass is 10.3. The first-order chi connectivity index (χ1) is 7.67. The van der Waals surface area contributed by atoms with E-state index in [4.69, 9.17) is 16.6 Å². The van der Waals surface area contributed by atoms with E-state index in [0.717, 1.165) is 0 Å². The summed E-state index contributed by atoms with van der Waals surface area (Å²) >= 11 is 0. The van der Waals surface area contributed by atoms with Crippen LogP contribution in [-0.4, -0.2) is 39.6 Å². The average molecular weight is 226 g/mol. The van der Waals surface area contributed by atoms with Crippen LogP contribution < -0.4 is 16.4 Å². The van der Waals surface area contributed by atoms with Crippen molar-refractivity contribution in [3.8, 4) is 0 Å². The van der Waals surface area contributed by atoms with E-state index < -0.39 is 0 Å². The smallest absolute Gasteiger partial charge is 0.238 e. The average Bonchev–Trinajstić information content (AvgIpc) is 2.23. The zero-order valence-corrected chi connectivity index (χ0v) is 8.70. The molecule has 0 spiro atoms. The normalized spacial score (nSPS) is 10.1. The number of unbranched alkanes of at least 4 members (excludes halogenated alkanes) is 1. The molecule has 88 valence electrons. The van der Waals surface area contributed by atoms with Crippen LogP contribution >= 0.6 is 0 Å². The Hall–Kier alpha value is -1.96. The van der Waals surface area contributed by atoms with Crippen LogP contribution in [0.3, 0.4) is 0 Å². The van der Waals surface area contributed by atoms with Crippen LogP contribution in [0.1, 0.15) is 12.8 Å². The van der Waals surface area contributed by atoms with Gasteiger partial charge in [0.05, 0.1) is 0 Å². The van der Waals surface area contributed by atoms with Crippen molar-refractivity contribution in [2.45, 2.75) is 12.8 Å². The minimum atomic E-state index is -0.0310. The van der Waals surface area contributed by atoms with E-state index in [1.807, 2.05) is 0 Å². The SMILES string of the molecule is Nc1nc(N)nc(N(C=O)CCCCO)n1. The molecule has 0 fully saturated rings. The summed E-state index contributed by atoms with van der Waals surface area (Å²) in [4.78, 5) is 23.3. The first-order valence-corrected chi connectivity index (χ1v) is 4.77. The molecule has 0 aliphatic rings. The van der Waals surface area contributed by atoms with Gasteiger partial charge in [-0.2, -0.15) is 15.0 Å². The van der Waals surface area contributed by atoms with Crippen LogP contribution in [-0.2, 0) is 4.79 Å². The van der Waals surface area contributed by atoms with Gasteiger partial charge >= 0.3 is 0 Å². The zero-order chi connectivity index (χ0) is 12.0. The maximum atomic E-state index is 10.8. The van der Waals surface area contributed by atoms with E-state index >= 15 is 0 Å². The van der Waals surface area contributed by atoms with Gasteiger partial charge in [-0.15, -0.1) is 0 Å². The summed E-state index contributed by atoms with van der Waals surface area (Å²) in [6, 6.07) is 0. The fourth-order valence-electron chi connectivity index (χ4n) is 1.12. The van der Waals surface area contributed by atoms with Gasteiger partial charge in [-0.05, 0) is 12.8 Å². The Morgan fingerprint density at radius 1 is 1.19 bits per heavy atom. The van der Waals surface area contributed by atoms with Gasteiger partial charge < -0.3 is 16.6 Å². The van der Waals surface area contributed by atoms with Crippen LogP contribution in [0.15, 0.2) is 0 Å². The number of hydrogen-bond donors (Lipinski definition) is 3. The number of hydrogen-bond acceptors (Lipinski definition) is 7. The van der Waals surface area contributed by atoms with E-state index in [-0.39, 0.29) is 24.5 Å². The number of carbonyl (C=O) groups excluding carboxylic acids is 1. The molecule has 0 aromatic carbocycles. The van der Waals surface area contributed by atoms with Crippen molar-refractivity contribution < 1.29 is 9.90 Å². The Morgan fingerprint density at radius 2 is 1.81 bits per heavy atom. The summed E-state index contributed by atoms with van der Waals surface area (Å²) in [5.41, 5.74) is 10.8. The third-order valence-corrected chi connectivity index (χ3v) is 1.85. The lowest BCUT2D eigenvalue weighted by Crippen LogP contribution is -2.25. The second kappa shape index (κ2) is 5.81. The van der Waals surface area contributed by atoms with Crippen molar-refractivity contribution in [3.05, 3.63) is 0 Å². The number of aliphatic hydroxyl groups excluding tert-OH is 1. The van der Waals surface area contributed by atoms with Crippen LogP contribution in [0.5, 0.6) is 0 Å². The second-order valence-corrected chi connectivity index (χ2v) is 3.08. The van der Waals surface area contributed by atoms with Crippen LogP contribution in [0.25, 0.3) is 0 Å². The van der Waals surface area contributed by atoms with Crippen molar-refractivity contribution in [2.75, 3.05) is 29.5 Å². The van der Waals surface area contributed by atoms with Gasteiger partial charge in [-0.3, -0.25) is 9.69 Å². The van der Waals surface area contributed by atoms with Crippen LogP contribution in [0, 0.1) is 0 Å². The highest BCUT2D eigenvalue weighted by molar-refractivity contribution is 5.71. The van der Waals surface area contributed by atoms with Crippen molar-refractivity contribution in [1.29, 1.82) is 0 Å². The molecule has 8 heteroatoms. The summed E-state index contributed by atoms with van der Waals surface area (Å²) < 4.78 is 0. The van der Waals surface area contributed by atoms with Gasteiger partial charge in [0.15, 0.2) is 0 Å². The van der Waals surface area contributed by atoms with E-state index in [2.05, 4.69) is 15.0 Å². The molecule has 0 radical (unpaired) electrons. The number of aromatic nitrogens is 3. The quantitative estimate of drug-likeness (QED) is 0.408. The molecule has 0 aliphatic carbocycles. The van der Waals surface area contributed by atoms with Crippen LogP contribution in [0.2, 0.25) is 0 Å². The van der Waals surface area contributed by atoms with Crippen molar-refractivity contribution in [3.63, 3.8) is 0 Å². The minimum Gasteiger partial charge on any atom is -0.396 e. The summed E-state index contributed by atoms with van der Waals surface area (Å²) in [6.45, 7) is 0.473. The molecule has 0 atom stereocenters. The standard InChI is InChI=1S/C8H14N6O2/c9-6-11-7(10)13-8(12-6)14(5-16)3-1-2-4-15/h5,15H,1-4H2,(H4,9,10,11,12,13). The number of rotatable bonds is 6. The maximum absolute atomic E-state index is 10.8. The summed E-state index contributed by atoms with van der Waals surface area (Å²) in [6.07, 6.45) is 1.83. The molecule has 0 saturated heterocycles. The lowest BCUT2D eigenvalue weighted by Gasteiger charge is -2.14. The third-order valence-electron chi connectivity index (χ3n) is 1.85. The number of aliphatic hydroxyl groups is 1. The maximum Gasteiger partial charge on any atom is 0.238 e. The summed E-state index contributed by atoms with van der Waals surface area (Å²) in [5.74, 6) is 0.0611. The Balaban J connectivity index is 2.74. The number of nitrogens with two attached hydrogens (primary N) is 2. The number of carbonyl (C=O) groups is 1. The van der Waals surface area contributed by atoms with Crippen molar-refractivity contribution in [2.24, 2.45) is 0 Å². The molecule has 1 amide bonds. The summed E-state index contributed by atoms with van der Waals surface area (Å²) in [7, 11) is 0. The molecule has 0 bridgehead atoms. The minimum absolute atomic E-state index is 0.0310. The molecule has 1 heterocycles. The van der Waals surface area contributed by atoms with E-state index in [0.29, 0.717) is 25.8 Å². The van der Waals surface area contributed by atoms with Crippen LogP contribution in [0.4, 0.5) is 17.8 Å². The number of nitrogen functional groups attached to an aromatic ring is 2. The van der Waals surface area contributed by atoms with Gasteiger partial charge in [-0.25, -0.2) is 0 Å². The van der Waals surface area contributed by atoms with E-state index in [1.165, 1.54) is 4.90 Å². The van der Waals surface area contributed by atoms with Gasteiger partial charge in [-0.1, -0.05) is 0 Å². The highest BCUT2D eigenvalue weighted by Crippen LogP contribution is 2.09. The largest absolute Gasteiger partial charge is 0.396 e. The topological polar surface area (TPSA) is 131 Å². The molecule has 1 rings (SSSR count). The fraction of sp³-hybridized carbons (Fsp3) is 0.500. The Morgan fingerprint density at radius 3 is 2.31 bits per heavy atom. The fourth-order valence-corrected chi connectivity index (χ4v) is 1.12. The highest BCUT2D eigenvalue weighted by Gasteiger charge is 2.10. The van der Waals surface area contributed by atoms with Gasteiger partial charge in [0.25, 0.3) is 0 Å². The summed E-state index contributed by atoms with van der Waals surface area (Å²) in [5, 5.41) is 8.62.